The van der Waals surface area contributed by atoms with Crippen LogP contribution in [0.15, 0.2) is 65.7 Å². The molecule has 0 spiro atoms. The first-order chi connectivity index (χ1) is 14.6. The van der Waals surface area contributed by atoms with Crippen LogP contribution in [-0.4, -0.2) is 25.2 Å². The fraction of sp³-hybridized carbons (Fsp3) is 0.208. The van der Waals surface area contributed by atoms with E-state index in [0.717, 1.165) is 5.56 Å². The number of nitrogens with zero attached hydrogens (tertiary/aromatic N) is 3. The van der Waals surface area contributed by atoms with Gasteiger partial charge >= 0.3 is 0 Å². The van der Waals surface area contributed by atoms with E-state index in [1.165, 1.54) is 23.0 Å². The van der Waals surface area contributed by atoms with Gasteiger partial charge < -0.3 is 5.11 Å². The van der Waals surface area contributed by atoms with Gasteiger partial charge in [0.25, 0.3) is 5.56 Å². The number of hydrogen-bond acceptors (Lipinski definition) is 4. The van der Waals surface area contributed by atoms with Gasteiger partial charge in [0, 0.05) is 16.1 Å². The molecule has 0 aliphatic heterocycles. The molecule has 4 rings (SSSR count). The van der Waals surface area contributed by atoms with Crippen LogP contribution < -0.4 is 5.56 Å². The lowest BCUT2D eigenvalue weighted by Gasteiger charge is -2.27. The number of fused-ring (bicyclic) bond motifs is 1. The predicted molar refractivity (Wildman–Crippen MR) is 121 cm³/mol. The van der Waals surface area contributed by atoms with Crippen molar-refractivity contribution in [1.82, 2.24) is 14.5 Å². The number of halogens is 2. The molecule has 1 N–H and O–H groups in total. The van der Waals surface area contributed by atoms with E-state index in [1.807, 2.05) is 0 Å². The Hall–Kier alpha value is -3.09. The van der Waals surface area contributed by atoms with Gasteiger partial charge in [-0.05, 0) is 51.1 Å². The van der Waals surface area contributed by atoms with Gasteiger partial charge in [-0.1, -0.05) is 35.9 Å². The molecule has 2 heterocycles. The Morgan fingerprint density at radius 2 is 1.81 bits per heavy atom. The van der Waals surface area contributed by atoms with Crippen molar-refractivity contribution in [2.75, 3.05) is 0 Å². The van der Waals surface area contributed by atoms with Crippen molar-refractivity contribution in [2.24, 2.45) is 0 Å². The maximum Gasteiger partial charge on any atom is 0.261 e. The second kappa shape index (κ2) is 7.87. The number of rotatable bonds is 4. The zero-order valence-electron chi connectivity index (χ0n) is 17.3. The van der Waals surface area contributed by atoms with Crippen molar-refractivity contribution in [3.8, 4) is 22.5 Å². The van der Waals surface area contributed by atoms with Crippen molar-refractivity contribution < 1.29 is 9.50 Å². The first-order valence-corrected chi connectivity index (χ1v) is 10.2. The highest BCUT2D eigenvalue weighted by atomic mass is 35.5. The van der Waals surface area contributed by atoms with E-state index in [1.54, 1.807) is 63.2 Å². The molecule has 0 amide bonds. The van der Waals surface area contributed by atoms with Crippen LogP contribution in [0.25, 0.3) is 33.4 Å². The molecular weight excluding hydrogens is 417 g/mol. The van der Waals surface area contributed by atoms with E-state index in [9.17, 15) is 14.3 Å². The smallest absolute Gasteiger partial charge is 0.261 e. The second-order valence-electron chi connectivity index (χ2n) is 8.06. The lowest BCUT2D eigenvalue weighted by atomic mass is 10.00. The van der Waals surface area contributed by atoms with Crippen LogP contribution >= 0.6 is 11.6 Å². The first kappa shape index (κ1) is 21.2. The van der Waals surface area contributed by atoms with E-state index in [4.69, 9.17) is 16.6 Å². The summed E-state index contributed by atoms with van der Waals surface area (Å²) in [4.78, 5) is 22.6. The van der Waals surface area contributed by atoms with Gasteiger partial charge in [0.2, 0.25) is 0 Å². The third-order valence-corrected chi connectivity index (χ3v) is 5.70. The molecule has 0 aliphatic carbocycles. The van der Waals surface area contributed by atoms with Crippen LogP contribution in [-0.2, 0) is 0 Å². The molecule has 5 nitrogen and oxygen atoms in total. The minimum absolute atomic E-state index is 0.310. The summed E-state index contributed by atoms with van der Waals surface area (Å²) in [6.45, 7) is 5.03. The van der Waals surface area contributed by atoms with Crippen molar-refractivity contribution in [3.05, 3.63) is 82.1 Å². The number of aromatic nitrogens is 3. The Morgan fingerprint density at radius 1 is 1.10 bits per heavy atom. The highest BCUT2D eigenvalue weighted by molar-refractivity contribution is 6.30. The summed E-state index contributed by atoms with van der Waals surface area (Å²) in [7, 11) is 0. The van der Waals surface area contributed by atoms with E-state index in [-0.39, 0.29) is 5.56 Å². The Kier molecular flexibility index (Phi) is 5.37. The van der Waals surface area contributed by atoms with Crippen LogP contribution in [0.3, 0.4) is 0 Å². The quantitative estimate of drug-likeness (QED) is 0.473. The van der Waals surface area contributed by atoms with Crippen LogP contribution in [0.2, 0.25) is 5.02 Å². The molecule has 2 aromatic heterocycles. The van der Waals surface area contributed by atoms with E-state index in [0.29, 0.717) is 32.9 Å². The largest absolute Gasteiger partial charge is 0.388 e. The Labute approximate surface area is 183 Å². The summed E-state index contributed by atoms with van der Waals surface area (Å²) in [5, 5.41) is 11.3. The van der Waals surface area contributed by atoms with E-state index < -0.39 is 17.5 Å². The predicted octanol–water partition coefficient (Wildman–Crippen LogP) is 5.25. The summed E-state index contributed by atoms with van der Waals surface area (Å²) < 4.78 is 15.4. The molecule has 1 atom stereocenters. The lowest BCUT2D eigenvalue weighted by Crippen LogP contribution is -2.37. The minimum atomic E-state index is -1.13. The van der Waals surface area contributed by atoms with Gasteiger partial charge in [-0.25, -0.2) is 14.4 Å². The molecule has 0 aliphatic rings. The zero-order valence-corrected chi connectivity index (χ0v) is 18.1. The molecular formula is C24H21ClFN3O2. The third kappa shape index (κ3) is 4.09. The molecule has 0 fully saturated rings. The normalized spacial score (nSPS) is 12.8. The molecule has 158 valence electrons. The van der Waals surface area contributed by atoms with Crippen molar-refractivity contribution in [3.63, 3.8) is 0 Å². The molecule has 31 heavy (non-hydrogen) atoms. The molecule has 1 unspecified atom stereocenters. The average molecular weight is 438 g/mol. The van der Waals surface area contributed by atoms with Gasteiger partial charge in [0.15, 0.2) is 0 Å². The van der Waals surface area contributed by atoms with Crippen molar-refractivity contribution in [1.29, 1.82) is 0 Å². The van der Waals surface area contributed by atoms with Gasteiger partial charge in [-0.3, -0.25) is 9.36 Å². The molecule has 0 saturated heterocycles. The van der Waals surface area contributed by atoms with Crippen LogP contribution in [0.4, 0.5) is 4.39 Å². The Balaban J connectivity index is 2.04. The summed E-state index contributed by atoms with van der Waals surface area (Å²) in [5.41, 5.74) is 1.15. The summed E-state index contributed by atoms with van der Waals surface area (Å²) >= 11 is 6.01. The van der Waals surface area contributed by atoms with Crippen molar-refractivity contribution in [2.45, 2.75) is 32.4 Å². The van der Waals surface area contributed by atoms with Gasteiger partial charge in [0.1, 0.15) is 11.3 Å². The maximum atomic E-state index is 13.9. The third-order valence-electron chi connectivity index (χ3n) is 5.45. The lowest BCUT2D eigenvalue weighted by molar-refractivity contribution is 0.0290. The summed E-state index contributed by atoms with van der Waals surface area (Å²) in [6.07, 6.45) is 1.40. The Bertz CT molecular complexity index is 1330. The fourth-order valence-electron chi connectivity index (χ4n) is 3.37. The zero-order chi connectivity index (χ0) is 22.3. The van der Waals surface area contributed by atoms with Crippen molar-refractivity contribution >= 4 is 22.5 Å². The SMILES string of the molecule is CC(n1cnc2c(-c3cccc(F)c3)nc(-c3ccc(Cl)cc3)cc2c1=O)C(C)(C)O. The second-order valence-corrected chi connectivity index (χ2v) is 8.49. The summed E-state index contributed by atoms with van der Waals surface area (Å²) in [5.74, 6) is -0.409. The van der Waals surface area contributed by atoms with Crippen LogP contribution in [0.5, 0.6) is 0 Å². The van der Waals surface area contributed by atoms with Crippen LogP contribution in [0.1, 0.15) is 26.8 Å². The monoisotopic (exact) mass is 437 g/mol. The minimum Gasteiger partial charge on any atom is -0.388 e. The van der Waals surface area contributed by atoms with Gasteiger partial charge in [-0.2, -0.15) is 0 Å². The first-order valence-electron chi connectivity index (χ1n) is 9.81. The summed E-state index contributed by atoms with van der Waals surface area (Å²) in [6, 6.07) is 14.3. The number of aliphatic hydroxyl groups is 1. The van der Waals surface area contributed by atoms with E-state index in [2.05, 4.69) is 4.98 Å². The molecule has 4 aromatic rings. The maximum absolute atomic E-state index is 13.9. The molecule has 7 heteroatoms. The Morgan fingerprint density at radius 3 is 2.45 bits per heavy atom. The fourth-order valence-corrected chi connectivity index (χ4v) is 3.49. The topological polar surface area (TPSA) is 68.0 Å². The van der Waals surface area contributed by atoms with Crippen LogP contribution in [0, 0.1) is 5.82 Å². The van der Waals surface area contributed by atoms with Gasteiger partial charge in [0.05, 0.1) is 34.7 Å². The standard InChI is InChI=1S/C24H21ClFN3O2/c1-14(24(2,3)31)29-13-27-22-19(23(29)30)12-20(15-7-9-17(25)10-8-15)28-21(22)16-5-4-6-18(26)11-16/h4-14,31H,1-3H3. The number of pyridine rings is 1. The van der Waals surface area contributed by atoms with Gasteiger partial charge in [-0.15, -0.1) is 0 Å². The van der Waals surface area contributed by atoms with E-state index >= 15 is 0 Å². The highest BCUT2D eigenvalue weighted by Crippen LogP contribution is 2.30. The molecule has 2 aromatic carbocycles. The highest BCUT2D eigenvalue weighted by Gasteiger charge is 2.26. The molecule has 0 bridgehead atoms. The molecule has 0 radical (unpaired) electrons. The number of benzene rings is 2. The molecule has 0 saturated carbocycles. The number of hydrogen-bond donors (Lipinski definition) is 1. The average Bonchev–Trinajstić information content (AvgIpc) is 2.73.